The van der Waals surface area contributed by atoms with Crippen LogP contribution in [0.3, 0.4) is 0 Å². The molecule has 0 saturated heterocycles. The molecule has 0 atom stereocenters. The summed E-state index contributed by atoms with van der Waals surface area (Å²) in [5, 5.41) is 4.80. The fourth-order valence-corrected chi connectivity index (χ4v) is 1.59. The van der Waals surface area contributed by atoms with Crippen molar-refractivity contribution in [3.63, 3.8) is 0 Å². The predicted molar refractivity (Wildman–Crippen MR) is 61.2 cm³/mol. The fraction of sp³-hybridized carbons (Fsp3) is 0.167. The van der Waals surface area contributed by atoms with Crippen LogP contribution < -0.4 is 5.01 Å². The van der Waals surface area contributed by atoms with Gasteiger partial charge in [-0.3, -0.25) is 4.79 Å². The Morgan fingerprint density at radius 2 is 1.83 bits per heavy atom. The van der Waals surface area contributed by atoms with E-state index >= 15 is 0 Å². The number of benzene rings is 1. The van der Waals surface area contributed by atoms with E-state index < -0.39 is 17.7 Å². The van der Waals surface area contributed by atoms with E-state index in [4.69, 9.17) is 0 Å². The van der Waals surface area contributed by atoms with Gasteiger partial charge in [0.25, 0.3) is 5.91 Å². The Morgan fingerprint density at radius 3 is 2.39 bits per heavy atom. The molecular weight excluding hydrogens is 245 g/mol. The second-order valence-electron chi connectivity index (χ2n) is 3.74. The van der Waals surface area contributed by atoms with Crippen LogP contribution >= 0.6 is 0 Å². The maximum atomic E-state index is 12.3. The van der Waals surface area contributed by atoms with E-state index in [1.165, 1.54) is 6.92 Å². The molecule has 0 saturated carbocycles. The summed E-state index contributed by atoms with van der Waals surface area (Å²) < 4.78 is 36.8. The Balaban J connectivity index is 2.36. The van der Waals surface area contributed by atoms with Crippen molar-refractivity contribution in [2.45, 2.75) is 13.1 Å². The molecule has 0 radical (unpaired) electrons. The first kappa shape index (κ1) is 12.3. The van der Waals surface area contributed by atoms with Crippen LogP contribution in [0.15, 0.2) is 47.1 Å². The van der Waals surface area contributed by atoms with Gasteiger partial charge in [-0.25, -0.2) is 0 Å². The molecule has 0 spiro atoms. The van der Waals surface area contributed by atoms with Crippen molar-refractivity contribution in [1.82, 2.24) is 0 Å². The van der Waals surface area contributed by atoms with Gasteiger partial charge >= 0.3 is 6.18 Å². The first-order valence-electron chi connectivity index (χ1n) is 5.13. The van der Waals surface area contributed by atoms with Crippen molar-refractivity contribution in [3.8, 4) is 0 Å². The number of hydrogen-bond acceptors (Lipinski definition) is 2. The van der Waals surface area contributed by atoms with Crippen molar-refractivity contribution >= 4 is 17.3 Å². The van der Waals surface area contributed by atoms with Crippen molar-refractivity contribution in [2.24, 2.45) is 5.10 Å². The van der Waals surface area contributed by atoms with Crippen LogP contribution in [0.25, 0.3) is 0 Å². The number of nitrogens with zero attached hydrogens (tertiary/aromatic N) is 2. The lowest BCUT2D eigenvalue weighted by Crippen LogP contribution is -2.22. The Hall–Kier alpha value is -2.11. The number of carbonyl (C=O) groups excluding carboxylic acids is 1. The summed E-state index contributed by atoms with van der Waals surface area (Å²) in [6, 6.07) is 8.31. The van der Waals surface area contributed by atoms with Gasteiger partial charge in [0.1, 0.15) is 0 Å². The smallest absolute Gasteiger partial charge is 0.267 e. The highest BCUT2D eigenvalue weighted by Crippen LogP contribution is 2.26. The summed E-state index contributed by atoms with van der Waals surface area (Å²) in [6.45, 7) is 1.37. The SMILES string of the molecule is CC1=NN(c2ccccc2)C(=O)/C1=C\C(F)(F)F. The van der Waals surface area contributed by atoms with Crippen LogP contribution in [0.5, 0.6) is 0 Å². The van der Waals surface area contributed by atoms with Gasteiger partial charge < -0.3 is 0 Å². The average Bonchev–Trinajstić information content (AvgIpc) is 2.56. The standard InChI is InChI=1S/C12H9F3N2O/c1-8-10(7-12(13,14)15)11(18)17(16-8)9-5-3-2-4-6-9/h2-7H,1H3/b10-7-. The van der Waals surface area contributed by atoms with Crippen molar-refractivity contribution < 1.29 is 18.0 Å². The van der Waals surface area contributed by atoms with E-state index in [2.05, 4.69) is 5.10 Å². The third-order valence-electron chi connectivity index (χ3n) is 2.37. The number of carbonyl (C=O) groups is 1. The molecule has 0 aliphatic carbocycles. The number of amides is 1. The molecule has 1 aliphatic heterocycles. The van der Waals surface area contributed by atoms with E-state index in [1.807, 2.05) is 0 Å². The summed E-state index contributed by atoms with van der Waals surface area (Å²) in [6.07, 6.45) is -4.55. The zero-order valence-electron chi connectivity index (χ0n) is 9.40. The zero-order valence-corrected chi connectivity index (χ0v) is 9.40. The first-order chi connectivity index (χ1) is 8.38. The molecule has 6 heteroatoms. The number of rotatable bonds is 1. The van der Waals surface area contributed by atoms with E-state index in [0.29, 0.717) is 5.69 Å². The predicted octanol–water partition coefficient (Wildman–Crippen LogP) is 2.90. The number of halogens is 3. The molecule has 2 rings (SSSR count). The average molecular weight is 254 g/mol. The summed E-state index contributed by atoms with van der Waals surface area (Å²) in [5.74, 6) is -0.768. The number of hydrazone groups is 1. The maximum absolute atomic E-state index is 12.3. The highest BCUT2D eigenvalue weighted by Gasteiger charge is 2.34. The van der Waals surface area contributed by atoms with Crippen molar-refractivity contribution in [3.05, 3.63) is 42.0 Å². The van der Waals surface area contributed by atoms with Gasteiger partial charge in [-0.05, 0) is 19.1 Å². The van der Waals surface area contributed by atoms with Gasteiger partial charge in [-0.1, -0.05) is 18.2 Å². The van der Waals surface area contributed by atoms with E-state index in [1.54, 1.807) is 30.3 Å². The van der Waals surface area contributed by atoms with Gasteiger partial charge in [-0.15, -0.1) is 0 Å². The molecule has 18 heavy (non-hydrogen) atoms. The third kappa shape index (κ3) is 2.42. The molecule has 0 unspecified atom stereocenters. The number of para-hydroxylation sites is 1. The second-order valence-corrected chi connectivity index (χ2v) is 3.74. The Bertz CT molecular complexity index is 532. The number of anilines is 1. The molecule has 0 N–H and O–H groups in total. The van der Waals surface area contributed by atoms with Gasteiger partial charge in [0, 0.05) is 6.08 Å². The van der Waals surface area contributed by atoms with Crippen LogP contribution in [0.2, 0.25) is 0 Å². The molecule has 0 aromatic heterocycles. The van der Waals surface area contributed by atoms with Gasteiger partial charge in [-0.2, -0.15) is 23.3 Å². The highest BCUT2D eigenvalue weighted by molar-refractivity contribution is 6.29. The molecule has 0 fully saturated rings. The molecular formula is C12H9F3N2O. The Labute approximate surface area is 101 Å². The van der Waals surface area contributed by atoms with E-state index in [0.717, 1.165) is 5.01 Å². The zero-order chi connectivity index (χ0) is 13.3. The summed E-state index contributed by atoms with van der Waals surface area (Å²) in [4.78, 5) is 11.8. The molecule has 1 aliphatic rings. The minimum absolute atomic E-state index is 0.0168. The molecule has 3 nitrogen and oxygen atoms in total. The van der Waals surface area contributed by atoms with Crippen LogP contribution in [0.1, 0.15) is 6.92 Å². The van der Waals surface area contributed by atoms with Gasteiger partial charge in [0.2, 0.25) is 0 Å². The minimum Gasteiger partial charge on any atom is -0.267 e. The number of hydrogen-bond donors (Lipinski definition) is 0. The molecule has 1 amide bonds. The first-order valence-corrected chi connectivity index (χ1v) is 5.13. The quantitative estimate of drug-likeness (QED) is 0.709. The van der Waals surface area contributed by atoms with Gasteiger partial charge in [0.15, 0.2) is 0 Å². The molecule has 94 valence electrons. The monoisotopic (exact) mass is 254 g/mol. The fourth-order valence-electron chi connectivity index (χ4n) is 1.59. The normalized spacial score (nSPS) is 18.4. The highest BCUT2D eigenvalue weighted by atomic mass is 19.4. The maximum Gasteiger partial charge on any atom is 0.410 e. The number of allylic oxidation sites excluding steroid dienone is 1. The molecule has 1 heterocycles. The number of alkyl halides is 3. The summed E-state index contributed by atoms with van der Waals surface area (Å²) in [5.41, 5.74) is 0.0694. The third-order valence-corrected chi connectivity index (χ3v) is 2.37. The lowest BCUT2D eigenvalue weighted by molar-refractivity contribution is -0.115. The molecule has 1 aromatic carbocycles. The Kier molecular flexibility index (Phi) is 2.94. The molecule has 0 bridgehead atoms. The lowest BCUT2D eigenvalue weighted by atomic mass is 10.1. The van der Waals surface area contributed by atoms with Crippen LogP contribution in [-0.4, -0.2) is 17.8 Å². The van der Waals surface area contributed by atoms with Crippen LogP contribution in [0, 0.1) is 0 Å². The van der Waals surface area contributed by atoms with Crippen LogP contribution in [0.4, 0.5) is 18.9 Å². The summed E-state index contributed by atoms with van der Waals surface area (Å²) in [7, 11) is 0. The topological polar surface area (TPSA) is 32.7 Å². The Morgan fingerprint density at radius 1 is 1.22 bits per heavy atom. The second kappa shape index (κ2) is 4.29. The van der Waals surface area contributed by atoms with E-state index in [-0.39, 0.29) is 11.8 Å². The van der Waals surface area contributed by atoms with Crippen LogP contribution in [-0.2, 0) is 4.79 Å². The lowest BCUT2D eigenvalue weighted by Gasteiger charge is -2.11. The minimum atomic E-state index is -4.53. The molecule has 1 aromatic rings. The van der Waals surface area contributed by atoms with E-state index in [9.17, 15) is 18.0 Å². The van der Waals surface area contributed by atoms with Crippen molar-refractivity contribution in [1.29, 1.82) is 0 Å². The summed E-state index contributed by atoms with van der Waals surface area (Å²) >= 11 is 0. The van der Waals surface area contributed by atoms with Gasteiger partial charge in [0.05, 0.1) is 17.0 Å². The van der Waals surface area contributed by atoms with Crippen molar-refractivity contribution in [2.75, 3.05) is 5.01 Å². The largest absolute Gasteiger partial charge is 0.410 e.